The van der Waals surface area contributed by atoms with E-state index in [4.69, 9.17) is 14.2 Å². The van der Waals surface area contributed by atoms with Crippen molar-refractivity contribution >= 4 is 29.9 Å². The first kappa shape index (κ1) is 21.9. The van der Waals surface area contributed by atoms with Crippen LogP contribution in [0.15, 0.2) is 41.4 Å². The van der Waals surface area contributed by atoms with E-state index >= 15 is 0 Å². The number of benzene rings is 2. The summed E-state index contributed by atoms with van der Waals surface area (Å²) in [6.45, 7) is 4.27. The van der Waals surface area contributed by atoms with Crippen molar-refractivity contribution in [1.29, 1.82) is 0 Å². The summed E-state index contributed by atoms with van der Waals surface area (Å²) in [6, 6.07) is 11.3. The lowest BCUT2D eigenvalue weighted by Gasteiger charge is -2.12. The van der Waals surface area contributed by atoms with Crippen molar-refractivity contribution in [2.24, 2.45) is 4.99 Å². The molecule has 3 N–H and O–H groups in total. The molecule has 0 fully saturated rings. The van der Waals surface area contributed by atoms with Gasteiger partial charge in [-0.1, -0.05) is 12.1 Å². The van der Waals surface area contributed by atoms with Crippen LogP contribution in [0, 0.1) is 0 Å². The number of ether oxygens (including phenoxy) is 3. The fraction of sp³-hybridized carbons (Fsp3) is 0.350. The maximum absolute atomic E-state index is 9.87. The lowest BCUT2D eigenvalue weighted by Crippen LogP contribution is -2.38. The molecule has 0 amide bonds. The number of aliphatic imine (C=N–C) groups is 1. The van der Waals surface area contributed by atoms with Crippen molar-refractivity contribution in [2.75, 3.05) is 27.0 Å². The van der Waals surface area contributed by atoms with Crippen LogP contribution in [0.4, 0.5) is 0 Å². The Bertz CT molecular complexity index is 814. The second kappa shape index (κ2) is 10.8. The number of phenols is 1. The number of guanidine groups is 1. The predicted molar refractivity (Wildman–Crippen MR) is 119 cm³/mol. The molecule has 2 aromatic rings. The molecule has 0 aromatic heterocycles. The molecule has 0 spiro atoms. The highest BCUT2D eigenvalue weighted by molar-refractivity contribution is 14.0. The molecule has 7 nitrogen and oxygen atoms in total. The third kappa shape index (κ3) is 5.82. The molecule has 0 radical (unpaired) electrons. The van der Waals surface area contributed by atoms with Gasteiger partial charge in [0.1, 0.15) is 0 Å². The third-order valence-corrected chi connectivity index (χ3v) is 4.15. The molecule has 0 atom stereocenters. The fourth-order valence-electron chi connectivity index (χ4n) is 2.77. The van der Waals surface area contributed by atoms with Crippen LogP contribution in [0.1, 0.15) is 18.1 Å². The highest BCUT2D eigenvalue weighted by atomic mass is 127. The van der Waals surface area contributed by atoms with Crippen LogP contribution in [0.2, 0.25) is 0 Å². The number of hydrogen-bond donors (Lipinski definition) is 3. The first-order valence-electron chi connectivity index (χ1n) is 8.96. The summed E-state index contributed by atoms with van der Waals surface area (Å²) in [5.74, 6) is 2.90. The molecule has 1 aliphatic heterocycles. The van der Waals surface area contributed by atoms with Gasteiger partial charge in [-0.25, -0.2) is 4.99 Å². The zero-order valence-corrected chi connectivity index (χ0v) is 18.4. The maximum Gasteiger partial charge on any atom is 0.231 e. The van der Waals surface area contributed by atoms with E-state index in [-0.39, 0.29) is 36.5 Å². The van der Waals surface area contributed by atoms with E-state index < -0.39 is 0 Å². The van der Waals surface area contributed by atoms with E-state index in [0.717, 1.165) is 42.5 Å². The summed E-state index contributed by atoms with van der Waals surface area (Å²) in [5, 5.41) is 16.4. The molecule has 0 aliphatic carbocycles. The quantitative estimate of drug-likeness (QED) is 0.309. The second-order valence-electron chi connectivity index (χ2n) is 6.07. The van der Waals surface area contributed by atoms with E-state index in [9.17, 15) is 5.11 Å². The van der Waals surface area contributed by atoms with Gasteiger partial charge in [-0.15, -0.1) is 24.0 Å². The van der Waals surface area contributed by atoms with Crippen LogP contribution in [0.3, 0.4) is 0 Å². The van der Waals surface area contributed by atoms with E-state index in [1.807, 2.05) is 31.2 Å². The van der Waals surface area contributed by atoms with Crippen molar-refractivity contribution in [3.63, 3.8) is 0 Å². The standard InChI is InChI=1S/C20H25N3O4.HI/c1-3-21-20(23-12-15-5-6-17(25-2)16(24)10-15)22-9-8-14-4-7-18-19(11-14)27-13-26-18;/h4-7,10-11,24H,3,8-9,12-13H2,1-2H3,(H2,21,22,23);1H. The maximum atomic E-state index is 9.87. The summed E-state index contributed by atoms with van der Waals surface area (Å²) in [6.07, 6.45) is 0.838. The van der Waals surface area contributed by atoms with Gasteiger partial charge in [0.15, 0.2) is 29.0 Å². The van der Waals surface area contributed by atoms with E-state index in [1.54, 1.807) is 12.1 Å². The Balaban J connectivity index is 0.00000280. The molecule has 0 saturated carbocycles. The topological polar surface area (TPSA) is 84.3 Å². The van der Waals surface area contributed by atoms with Gasteiger partial charge in [0, 0.05) is 13.1 Å². The summed E-state index contributed by atoms with van der Waals surface area (Å²) < 4.78 is 15.8. The second-order valence-corrected chi connectivity index (χ2v) is 6.07. The summed E-state index contributed by atoms with van der Waals surface area (Å²) >= 11 is 0. The minimum Gasteiger partial charge on any atom is -0.504 e. The Morgan fingerprint density at radius 2 is 1.89 bits per heavy atom. The average Bonchev–Trinajstić information content (AvgIpc) is 3.14. The number of nitrogens with one attached hydrogen (secondary N) is 2. The van der Waals surface area contributed by atoms with Crippen molar-refractivity contribution in [3.05, 3.63) is 47.5 Å². The van der Waals surface area contributed by atoms with Crippen LogP contribution >= 0.6 is 24.0 Å². The normalized spacial score (nSPS) is 12.3. The molecule has 2 aromatic carbocycles. The van der Waals surface area contributed by atoms with Crippen LogP contribution in [-0.2, 0) is 13.0 Å². The molecule has 0 bridgehead atoms. The Kier molecular flexibility index (Phi) is 8.49. The van der Waals surface area contributed by atoms with Gasteiger partial charge in [-0.2, -0.15) is 0 Å². The number of methoxy groups -OCH3 is 1. The Morgan fingerprint density at radius 1 is 1.11 bits per heavy atom. The van der Waals surface area contributed by atoms with Gasteiger partial charge >= 0.3 is 0 Å². The summed E-state index contributed by atoms with van der Waals surface area (Å²) in [4.78, 5) is 4.57. The highest BCUT2D eigenvalue weighted by Gasteiger charge is 2.13. The van der Waals surface area contributed by atoms with Gasteiger partial charge in [0.2, 0.25) is 6.79 Å². The predicted octanol–water partition coefficient (Wildman–Crippen LogP) is 3.05. The van der Waals surface area contributed by atoms with Crippen molar-refractivity contribution in [3.8, 4) is 23.0 Å². The number of nitrogens with zero attached hydrogens (tertiary/aromatic N) is 1. The van der Waals surface area contributed by atoms with E-state index in [0.29, 0.717) is 12.3 Å². The molecule has 28 heavy (non-hydrogen) atoms. The lowest BCUT2D eigenvalue weighted by molar-refractivity contribution is 0.174. The van der Waals surface area contributed by atoms with Crippen molar-refractivity contribution in [1.82, 2.24) is 10.6 Å². The van der Waals surface area contributed by atoms with Gasteiger partial charge in [-0.3, -0.25) is 0 Å². The lowest BCUT2D eigenvalue weighted by atomic mass is 10.1. The average molecular weight is 499 g/mol. The molecule has 152 valence electrons. The smallest absolute Gasteiger partial charge is 0.231 e. The van der Waals surface area contributed by atoms with Crippen LogP contribution < -0.4 is 24.8 Å². The summed E-state index contributed by atoms with van der Waals surface area (Å²) in [5.41, 5.74) is 2.07. The van der Waals surface area contributed by atoms with E-state index in [1.165, 1.54) is 12.7 Å². The molecule has 0 unspecified atom stereocenters. The van der Waals surface area contributed by atoms with E-state index in [2.05, 4.69) is 15.6 Å². The molecule has 1 heterocycles. The van der Waals surface area contributed by atoms with Crippen LogP contribution in [0.25, 0.3) is 0 Å². The Hall–Kier alpha value is -2.36. The summed E-state index contributed by atoms with van der Waals surface area (Å²) in [7, 11) is 1.53. The first-order chi connectivity index (χ1) is 13.2. The molecular formula is C20H26IN3O4. The van der Waals surface area contributed by atoms with Gasteiger partial charge < -0.3 is 30.0 Å². The first-order valence-corrected chi connectivity index (χ1v) is 8.96. The largest absolute Gasteiger partial charge is 0.504 e. The molecule has 3 rings (SSSR count). The van der Waals surface area contributed by atoms with Gasteiger partial charge in [-0.05, 0) is 48.7 Å². The number of aromatic hydroxyl groups is 1. The monoisotopic (exact) mass is 499 g/mol. The molecule has 1 aliphatic rings. The minimum atomic E-state index is 0. The highest BCUT2D eigenvalue weighted by Crippen LogP contribution is 2.32. The number of phenolic OH excluding ortho intramolecular Hbond substituents is 1. The van der Waals surface area contributed by atoms with Gasteiger partial charge in [0.05, 0.1) is 13.7 Å². The fourth-order valence-corrected chi connectivity index (χ4v) is 2.77. The number of halogens is 1. The molecule has 0 saturated heterocycles. The van der Waals surface area contributed by atoms with Crippen LogP contribution in [-0.4, -0.2) is 38.1 Å². The zero-order chi connectivity index (χ0) is 19.1. The minimum absolute atomic E-state index is 0. The van der Waals surface area contributed by atoms with Crippen molar-refractivity contribution < 1.29 is 19.3 Å². The number of rotatable bonds is 7. The molecule has 8 heteroatoms. The number of hydrogen-bond acceptors (Lipinski definition) is 5. The van der Waals surface area contributed by atoms with Crippen LogP contribution in [0.5, 0.6) is 23.0 Å². The SMILES string of the molecule is CCNC(=NCc1ccc(OC)c(O)c1)NCCc1ccc2c(c1)OCO2.I. The van der Waals surface area contributed by atoms with Crippen molar-refractivity contribution in [2.45, 2.75) is 19.9 Å². The third-order valence-electron chi connectivity index (χ3n) is 4.15. The molecular weight excluding hydrogens is 473 g/mol. The van der Waals surface area contributed by atoms with Gasteiger partial charge in [0.25, 0.3) is 0 Å². The Labute approximate surface area is 182 Å². The zero-order valence-electron chi connectivity index (χ0n) is 16.0. The number of fused-ring (bicyclic) bond motifs is 1. The Morgan fingerprint density at radius 3 is 2.64 bits per heavy atom.